The van der Waals surface area contributed by atoms with E-state index in [4.69, 9.17) is 0 Å². The summed E-state index contributed by atoms with van der Waals surface area (Å²) in [6.45, 7) is 1.67. The maximum atomic E-state index is 11.5. The van der Waals surface area contributed by atoms with Gasteiger partial charge in [-0.05, 0) is 25.2 Å². The Morgan fingerprint density at radius 2 is 1.94 bits per heavy atom. The summed E-state index contributed by atoms with van der Waals surface area (Å²) in [7, 11) is 4.05. The zero-order valence-electron chi connectivity index (χ0n) is 10.8. The molecule has 1 fully saturated rings. The highest BCUT2D eigenvalue weighted by atomic mass is 16.2. The van der Waals surface area contributed by atoms with Crippen molar-refractivity contribution >= 4 is 11.7 Å². The molecule has 1 heterocycles. The molecule has 0 atom stereocenters. The molecule has 0 aromatic heterocycles. The van der Waals surface area contributed by atoms with E-state index in [9.17, 15) is 9.59 Å². The Labute approximate surface area is 107 Å². The van der Waals surface area contributed by atoms with Crippen LogP contribution in [0.15, 0.2) is 24.3 Å². The summed E-state index contributed by atoms with van der Waals surface area (Å²) in [5.74, 6) is -0.0394. The summed E-state index contributed by atoms with van der Waals surface area (Å²) in [6.07, 6.45) is 0.0669. The number of carbonyl (C=O) groups is 2. The van der Waals surface area contributed by atoms with Crippen molar-refractivity contribution in [3.05, 3.63) is 35.4 Å². The first-order chi connectivity index (χ1) is 8.54. The van der Waals surface area contributed by atoms with Crippen LogP contribution in [0.25, 0.3) is 0 Å². The highest BCUT2D eigenvalue weighted by Crippen LogP contribution is 2.14. The summed E-state index contributed by atoms with van der Waals surface area (Å²) >= 11 is 0. The van der Waals surface area contributed by atoms with Crippen LogP contribution >= 0.6 is 0 Å². The van der Waals surface area contributed by atoms with E-state index in [1.165, 1.54) is 5.56 Å². The van der Waals surface area contributed by atoms with Crippen molar-refractivity contribution in [1.82, 2.24) is 9.80 Å². The van der Waals surface area contributed by atoms with Gasteiger partial charge in [0.05, 0.1) is 13.0 Å². The molecule has 2 rings (SSSR count). The van der Waals surface area contributed by atoms with E-state index in [1.807, 2.05) is 26.2 Å². The zero-order chi connectivity index (χ0) is 13.1. The Morgan fingerprint density at radius 3 is 2.56 bits per heavy atom. The number of likely N-dealkylation sites (tertiary alicyclic amines) is 1. The number of hydrogen-bond acceptors (Lipinski definition) is 3. The summed E-state index contributed by atoms with van der Waals surface area (Å²) in [6, 6.07) is 8.16. The van der Waals surface area contributed by atoms with Crippen LogP contribution < -0.4 is 0 Å². The molecule has 0 unspecified atom stereocenters. The highest BCUT2D eigenvalue weighted by Gasteiger charge is 2.27. The molecule has 1 aliphatic heterocycles. The number of benzene rings is 1. The second kappa shape index (κ2) is 5.31. The van der Waals surface area contributed by atoms with Crippen molar-refractivity contribution in [2.45, 2.75) is 19.5 Å². The van der Waals surface area contributed by atoms with Crippen LogP contribution in [0.3, 0.4) is 0 Å². The van der Waals surface area contributed by atoms with Gasteiger partial charge in [0.1, 0.15) is 0 Å². The minimum Gasteiger partial charge on any atom is -0.331 e. The summed E-state index contributed by atoms with van der Waals surface area (Å²) in [5, 5.41) is 0. The molecule has 1 saturated heterocycles. The van der Waals surface area contributed by atoms with Crippen molar-refractivity contribution in [2.24, 2.45) is 0 Å². The smallest absolute Gasteiger partial charge is 0.230 e. The molecular formula is C14H18N2O2. The van der Waals surface area contributed by atoms with Crippen molar-refractivity contribution < 1.29 is 9.59 Å². The topological polar surface area (TPSA) is 40.6 Å². The van der Waals surface area contributed by atoms with E-state index in [1.54, 1.807) is 4.90 Å². The fourth-order valence-corrected chi connectivity index (χ4v) is 2.19. The molecule has 0 bridgehead atoms. The minimum absolute atomic E-state index is 0.0180. The third-order valence-electron chi connectivity index (χ3n) is 2.93. The molecule has 4 nitrogen and oxygen atoms in total. The van der Waals surface area contributed by atoms with Gasteiger partial charge < -0.3 is 9.80 Å². The van der Waals surface area contributed by atoms with E-state index < -0.39 is 0 Å². The Morgan fingerprint density at radius 1 is 1.22 bits per heavy atom. The molecule has 4 heteroatoms. The molecule has 0 N–H and O–H groups in total. The van der Waals surface area contributed by atoms with Crippen LogP contribution in [0.4, 0.5) is 0 Å². The first-order valence-corrected chi connectivity index (χ1v) is 6.06. The summed E-state index contributed by atoms with van der Waals surface area (Å²) < 4.78 is 0. The minimum atomic E-state index is -0.0574. The van der Waals surface area contributed by atoms with Crippen molar-refractivity contribution in [3.63, 3.8) is 0 Å². The van der Waals surface area contributed by atoms with E-state index >= 15 is 0 Å². The second-order valence-electron chi connectivity index (χ2n) is 5.02. The van der Waals surface area contributed by atoms with Gasteiger partial charge in [0.15, 0.2) is 5.78 Å². The molecule has 1 amide bonds. The number of hydrogen-bond donors (Lipinski definition) is 0. The third kappa shape index (κ3) is 3.17. The van der Waals surface area contributed by atoms with Gasteiger partial charge in [-0.3, -0.25) is 9.59 Å². The molecule has 1 aromatic carbocycles. The third-order valence-corrected chi connectivity index (χ3v) is 2.93. The highest BCUT2D eigenvalue weighted by molar-refractivity contribution is 6.05. The van der Waals surface area contributed by atoms with Crippen LogP contribution in [0.2, 0.25) is 0 Å². The largest absolute Gasteiger partial charge is 0.331 e. The first-order valence-electron chi connectivity index (χ1n) is 6.06. The van der Waals surface area contributed by atoms with E-state index in [2.05, 4.69) is 17.0 Å². The molecule has 96 valence electrons. The lowest BCUT2D eigenvalue weighted by molar-refractivity contribution is -0.128. The maximum absolute atomic E-state index is 11.5. The fraction of sp³-hybridized carbons (Fsp3) is 0.429. The number of ketones is 1. The monoisotopic (exact) mass is 246 g/mol. The van der Waals surface area contributed by atoms with Crippen LogP contribution in [0, 0.1) is 0 Å². The lowest BCUT2D eigenvalue weighted by Gasteiger charge is -2.16. The van der Waals surface area contributed by atoms with Crippen molar-refractivity contribution in [1.29, 1.82) is 0 Å². The average molecular weight is 246 g/mol. The van der Waals surface area contributed by atoms with E-state index in [0.29, 0.717) is 6.54 Å². The quantitative estimate of drug-likeness (QED) is 0.746. The van der Waals surface area contributed by atoms with Gasteiger partial charge in [-0.2, -0.15) is 0 Å². The number of nitrogens with zero attached hydrogens (tertiary/aromatic N) is 2. The van der Waals surface area contributed by atoms with Gasteiger partial charge in [-0.1, -0.05) is 24.3 Å². The molecule has 0 aliphatic carbocycles. The Balaban J connectivity index is 2.05. The molecule has 0 saturated carbocycles. The van der Waals surface area contributed by atoms with Crippen LogP contribution in [0.5, 0.6) is 0 Å². The number of Topliss-reactive ketones (excluding diaryl/α,β-unsaturated/α-hetero) is 1. The molecule has 1 aromatic rings. The van der Waals surface area contributed by atoms with Gasteiger partial charge in [0.2, 0.25) is 5.91 Å². The second-order valence-corrected chi connectivity index (χ2v) is 5.02. The Hall–Kier alpha value is -1.68. The maximum Gasteiger partial charge on any atom is 0.230 e. The SMILES string of the molecule is CN(C)Cc1cccc(CN2CC(=O)CC2=O)c1. The molecule has 1 aliphatic rings. The first kappa shape index (κ1) is 12.8. The van der Waals surface area contributed by atoms with Gasteiger partial charge in [-0.15, -0.1) is 0 Å². The summed E-state index contributed by atoms with van der Waals surface area (Å²) in [5.41, 5.74) is 2.30. The predicted molar refractivity (Wildman–Crippen MR) is 68.9 cm³/mol. The lowest BCUT2D eigenvalue weighted by Crippen LogP contribution is -2.24. The lowest BCUT2D eigenvalue weighted by atomic mass is 10.1. The standard InChI is InChI=1S/C14H18N2O2/c1-15(2)8-11-4-3-5-12(6-11)9-16-10-13(17)7-14(16)18/h3-6H,7-10H2,1-2H3. The normalized spacial score (nSPS) is 15.8. The number of amides is 1. The Bertz CT molecular complexity index is 469. The summed E-state index contributed by atoms with van der Waals surface area (Å²) in [4.78, 5) is 26.5. The van der Waals surface area contributed by atoms with Gasteiger partial charge in [0.25, 0.3) is 0 Å². The fourth-order valence-electron chi connectivity index (χ4n) is 2.19. The van der Waals surface area contributed by atoms with Crippen LogP contribution in [-0.2, 0) is 22.7 Å². The van der Waals surface area contributed by atoms with Crippen molar-refractivity contribution in [2.75, 3.05) is 20.6 Å². The van der Waals surface area contributed by atoms with Gasteiger partial charge in [0, 0.05) is 13.1 Å². The van der Waals surface area contributed by atoms with Gasteiger partial charge in [-0.25, -0.2) is 0 Å². The average Bonchev–Trinajstić information content (AvgIpc) is 2.57. The predicted octanol–water partition coefficient (Wildman–Crippen LogP) is 1.05. The van der Waals surface area contributed by atoms with Crippen LogP contribution in [-0.4, -0.2) is 42.1 Å². The molecule has 18 heavy (non-hydrogen) atoms. The van der Waals surface area contributed by atoms with E-state index in [-0.39, 0.29) is 24.7 Å². The molecule has 0 radical (unpaired) electrons. The molecule has 0 spiro atoms. The number of rotatable bonds is 4. The molecular weight excluding hydrogens is 228 g/mol. The van der Waals surface area contributed by atoms with Crippen LogP contribution in [0.1, 0.15) is 17.5 Å². The zero-order valence-corrected chi connectivity index (χ0v) is 10.8. The Kier molecular flexibility index (Phi) is 3.77. The van der Waals surface area contributed by atoms with E-state index in [0.717, 1.165) is 12.1 Å². The number of carbonyl (C=O) groups excluding carboxylic acids is 2. The van der Waals surface area contributed by atoms with Gasteiger partial charge >= 0.3 is 0 Å². The van der Waals surface area contributed by atoms with Crippen molar-refractivity contribution in [3.8, 4) is 0 Å².